The standard InChI is InChI=1S/C11H15ClN2O/c1-8(15)14-11-7-10(12)4-3-9(11)5-6-13-2/h3-4,7,13H,5-6H2,1-2H3,(H,14,15). The van der Waals surface area contributed by atoms with Crippen molar-refractivity contribution in [3.05, 3.63) is 28.8 Å². The lowest BCUT2D eigenvalue weighted by Crippen LogP contribution is -2.13. The van der Waals surface area contributed by atoms with Crippen LogP contribution in [0.2, 0.25) is 5.02 Å². The molecule has 0 radical (unpaired) electrons. The zero-order valence-electron chi connectivity index (χ0n) is 8.93. The van der Waals surface area contributed by atoms with Gasteiger partial charge < -0.3 is 10.6 Å². The topological polar surface area (TPSA) is 41.1 Å². The Kier molecular flexibility index (Phi) is 4.59. The van der Waals surface area contributed by atoms with Gasteiger partial charge in [-0.25, -0.2) is 0 Å². The molecule has 2 N–H and O–H groups in total. The summed E-state index contributed by atoms with van der Waals surface area (Å²) in [6.45, 7) is 2.36. The van der Waals surface area contributed by atoms with Crippen molar-refractivity contribution in [2.24, 2.45) is 0 Å². The highest BCUT2D eigenvalue weighted by Crippen LogP contribution is 2.21. The Bertz CT molecular complexity index is 352. The van der Waals surface area contributed by atoms with Gasteiger partial charge in [-0.15, -0.1) is 0 Å². The zero-order valence-corrected chi connectivity index (χ0v) is 9.69. The molecule has 1 amide bonds. The van der Waals surface area contributed by atoms with Crippen LogP contribution in [0.4, 0.5) is 5.69 Å². The van der Waals surface area contributed by atoms with E-state index < -0.39 is 0 Å². The lowest BCUT2D eigenvalue weighted by atomic mass is 10.1. The summed E-state index contributed by atoms with van der Waals surface area (Å²) in [5.41, 5.74) is 1.88. The van der Waals surface area contributed by atoms with Crippen LogP contribution in [0.1, 0.15) is 12.5 Å². The number of hydrogen-bond acceptors (Lipinski definition) is 2. The Morgan fingerprint density at radius 3 is 2.80 bits per heavy atom. The number of rotatable bonds is 4. The molecule has 0 bridgehead atoms. The fraction of sp³-hybridized carbons (Fsp3) is 0.364. The first-order valence-electron chi connectivity index (χ1n) is 4.84. The number of carbonyl (C=O) groups is 1. The minimum absolute atomic E-state index is 0.0806. The van der Waals surface area contributed by atoms with E-state index in [0.717, 1.165) is 24.2 Å². The summed E-state index contributed by atoms with van der Waals surface area (Å²) < 4.78 is 0. The summed E-state index contributed by atoms with van der Waals surface area (Å²) in [6, 6.07) is 5.54. The first kappa shape index (κ1) is 12.0. The van der Waals surface area contributed by atoms with Crippen molar-refractivity contribution in [2.75, 3.05) is 18.9 Å². The number of benzene rings is 1. The van der Waals surface area contributed by atoms with Gasteiger partial charge in [0.1, 0.15) is 0 Å². The first-order chi connectivity index (χ1) is 7.13. The number of nitrogens with one attached hydrogen (secondary N) is 2. The van der Waals surface area contributed by atoms with Crippen molar-refractivity contribution < 1.29 is 4.79 Å². The maximum Gasteiger partial charge on any atom is 0.221 e. The highest BCUT2D eigenvalue weighted by molar-refractivity contribution is 6.31. The van der Waals surface area contributed by atoms with Crippen molar-refractivity contribution in [1.29, 1.82) is 0 Å². The predicted octanol–water partition coefficient (Wildman–Crippen LogP) is 2.06. The Hall–Kier alpha value is -1.06. The van der Waals surface area contributed by atoms with E-state index in [1.165, 1.54) is 6.92 Å². The molecule has 1 aromatic carbocycles. The van der Waals surface area contributed by atoms with Gasteiger partial charge in [-0.05, 0) is 37.7 Å². The van der Waals surface area contributed by atoms with Crippen molar-refractivity contribution in [1.82, 2.24) is 5.32 Å². The van der Waals surface area contributed by atoms with Crippen LogP contribution in [0.15, 0.2) is 18.2 Å². The largest absolute Gasteiger partial charge is 0.326 e. The molecule has 3 nitrogen and oxygen atoms in total. The molecular formula is C11H15ClN2O. The molecule has 4 heteroatoms. The van der Waals surface area contributed by atoms with Gasteiger partial charge in [0.25, 0.3) is 0 Å². The second-order valence-corrected chi connectivity index (χ2v) is 3.77. The molecule has 0 aliphatic heterocycles. The van der Waals surface area contributed by atoms with E-state index in [1.807, 2.05) is 19.2 Å². The normalized spacial score (nSPS) is 10.1. The Balaban J connectivity index is 2.87. The third-order valence-corrected chi connectivity index (χ3v) is 2.26. The molecule has 0 saturated carbocycles. The van der Waals surface area contributed by atoms with E-state index in [-0.39, 0.29) is 5.91 Å². The summed E-state index contributed by atoms with van der Waals surface area (Å²) >= 11 is 5.87. The molecular weight excluding hydrogens is 212 g/mol. The summed E-state index contributed by atoms with van der Waals surface area (Å²) in [6.07, 6.45) is 0.864. The van der Waals surface area contributed by atoms with E-state index in [9.17, 15) is 4.79 Å². The monoisotopic (exact) mass is 226 g/mol. The summed E-state index contributed by atoms with van der Waals surface area (Å²) in [7, 11) is 1.90. The van der Waals surface area contributed by atoms with Crippen molar-refractivity contribution >= 4 is 23.2 Å². The average Bonchev–Trinajstić information content (AvgIpc) is 2.16. The lowest BCUT2D eigenvalue weighted by Gasteiger charge is -2.10. The van der Waals surface area contributed by atoms with Crippen molar-refractivity contribution in [3.8, 4) is 0 Å². The lowest BCUT2D eigenvalue weighted by molar-refractivity contribution is -0.114. The molecule has 15 heavy (non-hydrogen) atoms. The number of carbonyl (C=O) groups excluding carboxylic acids is 1. The average molecular weight is 227 g/mol. The molecule has 0 fully saturated rings. The van der Waals surface area contributed by atoms with E-state index in [0.29, 0.717) is 5.02 Å². The van der Waals surface area contributed by atoms with Crippen LogP contribution in [0.5, 0.6) is 0 Å². The molecule has 0 unspecified atom stereocenters. The van der Waals surface area contributed by atoms with Crippen LogP contribution < -0.4 is 10.6 Å². The fourth-order valence-corrected chi connectivity index (χ4v) is 1.50. The van der Waals surface area contributed by atoms with E-state index in [4.69, 9.17) is 11.6 Å². The summed E-state index contributed by atoms with van der Waals surface area (Å²) in [5, 5.41) is 6.47. The molecule has 0 atom stereocenters. The third kappa shape index (κ3) is 3.90. The van der Waals surface area contributed by atoms with Gasteiger partial charge in [0.15, 0.2) is 0 Å². The second-order valence-electron chi connectivity index (χ2n) is 3.34. The Labute approximate surface area is 94.8 Å². The van der Waals surface area contributed by atoms with Crippen molar-refractivity contribution in [3.63, 3.8) is 0 Å². The number of anilines is 1. The maximum absolute atomic E-state index is 11.0. The molecule has 0 aliphatic rings. The quantitative estimate of drug-likeness (QED) is 0.825. The van der Waals surface area contributed by atoms with Crippen LogP contribution in [0, 0.1) is 0 Å². The summed E-state index contributed by atoms with van der Waals surface area (Å²) in [4.78, 5) is 11.0. The van der Waals surface area contributed by atoms with Gasteiger partial charge in [-0.2, -0.15) is 0 Å². The van der Waals surface area contributed by atoms with Gasteiger partial charge in [0.2, 0.25) is 5.91 Å². The van der Waals surface area contributed by atoms with E-state index >= 15 is 0 Å². The molecule has 0 heterocycles. The Morgan fingerprint density at radius 2 is 2.20 bits per heavy atom. The number of amides is 1. The van der Waals surface area contributed by atoms with Gasteiger partial charge in [-0.1, -0.05) is 17.7 Å². The highest BCUT2D eigenvalue weighted by Gasteiger charge is 2.04. The summed E-state index contributed by atoms with van der Waals surface area (Å²) in [5.74, 6) is -0.0806. The fourth-order valence-electron chi connectivity index (χ4n) is 1.33. The third-order valence-electron chi connectivity index (χ3n) is 2.03. The van der Waals surface area contributed by atoms with Crippen LogP contribution in [-0.4, -0.2) is 19.5 Å². The minimum atomic E-state index is -0.0806. The van der Waals surface area contributed by atoms with Crippen LogP contribution in [-0.2, 0) is 11.2 Å². The molecule has 1 aromatic rings. The van der Waals surface area contributed by atoms with Crippen LogP contribution in [0.3, 0.4) is 0 Å². The Morgan fingerprint density at radius 1 is 1.47 bits per heavy atom. The smallest absolute Gasteiger partial charge is 0.221 e. The van der Waals surface area contributed by atoms with Crippen LogP contribution in [0.25, 0.3) is 0 Å². The van der Waals surface area contributed by atoms with Crippen molar-refractivity contribution in [2.45, 2.75) is 13.3 Å². The number of halogens is 1. The molecule has 0 saturated heterocycles. The SMILES string of the molecule is CNCCc1ccc(Cl)cc1NC(C)=O. The molecule has 1 rings (SSSR count). The minimum Gasteiger partial charge on any atom is -0.326 e. The molecule has 0 spiro atoms. The van der Waals surface area contributed by atoms with E-state index in [1.54, 1.807) is 6.07 Å². The number of hydrogen-bond donors (Lipinski definition) is 2. The van der Waals surface area contributed by atoms with Gasteiger partial charge in [0.05, 0.1) is 0 Å². The zero-order chi connectivity index (χ0) is 11.3. The molecule has 0 aromatic heterocycles. The van der Waals surface area contributed by atoms with Gasteiger partial charge >= 0.3 is 0 Å². The second kappa shape index (κ2) is 5.73. The van der Waals surface area contributed by atoms with Gasteiger partial charge in [-0.3, -0.25) is 4.79 Å². The number of likely N-dealkylation sites (N-methyl/N-ethyl adjacent to an activating group) is 1. The molecule has 0 aliphatic carbocycles. The predicted molar refractivity (Wildman–Crippen MR) is 63.4 cm³/mol. The van der Waals surface area contributed by atoms with E-state index in [2.05, 4.69) is 10.6 Å². The first-order valence-corrected chi connectivity index (χ1v) is 5.22. The van der Waals surface area contributed by atoms with Gasteiger partial charge in [0, 0.05) is 17.6 Å². The molecule has 82 valence electrons. The van der Waals surface area contributed by atoms with Crippen LogP contribution >= 0.6 is 11.6 Å². The highest BCUT2D eigenvalue weighted by atomic mass is 35.5. The maximum atomic E-state index is 11.0.